The van der Waals surface area contributed by atoms with E-state index in [1.165, 1.54) is 37.7 Å². The van der Waals surface area contributed by atoms with Crippen LogP contribution in [0.15, 0.2) is 35.9 Å². The Balaban J connectivity index is 2.07. The summed E-state index contributed by atoms with van der Waals surface area (Å²) >= 11 is 1.44. The van der Waals surface area contributed by atoms with Crippen LogP contribution < -0.4 is 19.7 Å². The van der Waals surface area contributed by atoms with Crippen LogP contribution in [-0.2, 0) is 9.59 Å². The number of barbiturate groups is 1. The van der Waals surface area contributed by atoms with Gasteiger partial charge in [-0.1, -0.05) is 0 Å². The molecule has 3 rings (SSSR count). The largest absolute Gasteiger partial charge is 0.497 e. The molecule has 2 heterocycles. The van der Waals surface area contributed by atoms with Crippen molar-refractivity contribution < 1.29 is 23.9 Å². The first kappa shape index (κ1) is 17.7. The van der Waals surface area contributed by atoms with Gasteiger partial charge in [0.05, 0.1) is 19.9 Å². The lowest BCUT2D eigenvalue weighted by atomic mass is 10.1. The summed E-state index contributed by atoms with van der Waals surface area (Å²) in [6, 6.07) is 7.57. The Hall–Kier alpha value is -3.13. The van der Waals surface area contributed by atoms with E-state index in [2.05, 4.69) is 5.32 Å². The highest BCUT2D eigenvalue weighted by Crippen LogP contribution is 2.34. The van der Waals surface area contributed by atoms with Gasteiger partial charge in [0.2, 0.25) is 0 Å². The van der Waals surface area contributed by atoms with Gasteiger partial charge in [-0.15, -0.1) is 11.3 Å². The van der Waals surface area contributed by atoms with Crippen molar-refractivity contribution in [1.29, 1.82) is 0 Å². The van der Waals surface area contributed by atoms with Crippen molar-refractivity contribution in [2.45, 2.75) is 6.92 Å². The molecular weight excluding hydrogens is 356 g/mol. The van der Waals surface area contributed by atoms with Crippen LogP contribution in [0.5, 0.6) is 11.5 Å². The second-order valence-corrected chi connectivity index (χ2v) is 6.76. The molecule has 1 aromatic heterocycles. The number of rotatable bonds is 4. The van der Waals surface area contributed by atoms with Gasteiger partial charge >= 0.3 is 6.03 Å². The van der Waals surface area contributed by atoms with E-state index in [9.17, 15) is 14.4 Å². The third-order valence-electron chi connectivity index (χ3n) is 3.78. The normalized spacial score (nSPS) is 16.0. The number of ether oxygens (including phenoxy) is 2. The Morgan fingerprint density at radius 3 is 2.46 bits per heavy atom. The van der Waals surface area contributed by atoms with E-state index in [1.807, 2.05) is 13.0 Å². The summed E-state index contributed by atoms with van der Waals surface area (Å²) < 4.78 is 10.4. The lowest BCUT2D eigenvalue weighted by Crippen LogP contribution is -2.54. The maximum Gasteiger partial charge on any atom is 0.336 e. The van der Waals surface area contributed by atoms with Gasteiger partial charge in [0.15, 0.2) is 0 Å². The quantitative estimate of drug-likeness (QED) is 0.659. The molecule has 0 atom stereocenters. The van der Waals surface area contributed by atoms with E-state index in [0.29, 0.717) is 11.5 Å². The van der Waals surface area contributed by atoms with Crippen LogP contribution >= 0.6 is 11.3 Å². The topological polar surface area (TPSA) is 84.9 Å². The molecule has 0 spiro atoms. The van der Waals surface area contributed by atoms with Crippen LogP contribution in [0.4, 0.5) is 10.5 Å². The monoisotopic (exact) mass is 372 g/mol. The van der Waals surface area contributed by atoms with Gasteiger partial charge in [-0.2, -0.15) is 0 Å². The number of carbonyl (C=O) groups is 3. The number of anilines is 1. The van der Waals surface area contributed by atoms with Crippen molar-refractivity contribution in [2.24, 2.45) is 0 Å². The Bertz CT molecular complexity index is 931. The minimum atomic E-state index is -0.842. The van der Waals surface area contributed by atoms with E-state index in [0.717, 1.165) is 14.7 Å². The van der Waals surface area contributed by atoms with Crippen molar-refractivity contribution in [3.8, 4) is 11.5 Å². The number of nitrogens with one attached hydrogen (secondary N) is 1. The van der Waals surface area contributed by atoms with Gasteiger partial charge < -0.3 is 9.47 Å². The number of nitrogens with zero attached hydrogens (tertiary/aromatic N) is 1. The Morgan fingerprint density at radius 1 is 1.08 bits per heavy atom. The van der Waals surface area contributed by atoms with Gasteiger partial charge in [0, 0.05) is 15.8 Å². The zero-order valence-electron chi connectivity index (χ0n) is 14.4. The highest BCUT2D eigenvalue weighted by molar-refractivity contribution is 7.12. The maximum atomic E-state index is 12.9. The number of urea groups is 1. The molecule has 2 aromatic rings. The molecule has 1 aliphatic heterocycles. The Morgan fingerprint density at radius 2 is 1.85 bits per heavy atom. The summed E-state index contributed by atoms with van der Waals surface area (Å²) in [5.41, 5.74) is 0.0615. The van der Waals surface area contributed by atoms with Crippen molar-refractivity contribution in [3.63, 3.8) is 0 Å². The molecule has 26 heavy (non-hydrogen) atoms. The molecule has 0 bridgehead atoms. The summed E-state index contributed by atoms with van der Waals surface area (Å²) in [6.45, 7) is 1.92. The fourth-order valence-electron chi connectivity index (χ4n) is 2.52. The standard InChI is InChI=1S/C18H16N2O5S/c1-10-4-6-12(26-10)9-13-16(21)19-18(23)20(17(13)22)14-8-11(24-2)5-7-15(14)25-3/h4-9H,1-3H3,(H,19,21,23)/b13-9-. The molecule has 1 fully saturated rings. The molecular formula is C18H16N2O5S. The Kier molecular flexibility index (Phi) is 4.77. The zero-order chi connectivity index (χ0) is 18.8. The summed E-state index contributed by atoms with van der Waals surface area (Å²) in [5.74, 6) is -0.715. The summed E-state index contributed by atoms with van der Waals surface area (Å²) in [6.07, 6.45) is 1.47. The van der Waals surface area contributed by atoms with Crippen LogP contribution in [0.25, 0.3) is 6.08 Å². The number of aryl methyl sites for hydroxylation is 1. The Labute approximate surface area is 153 Å². The number of imide groups is 2. The zero-order valence-corrected chi connectivity index (χ0v) is 15.2. The second kappa shape index (κ2) is 7.01. The van der Waals surface area contributed by atoms with Crippen LogP contribution in [0, 0.1) is 6.92 Å². The third kappa shape index (κ3) is 3.18. The predicted octanol–water partition coefficient (Wildman–Crippen LogP) is 2.74. The van der Waals surface area contributed by atoms with Gasteiger partial charge in [0.25, 0.3) is 11.8 Å². The van der Waals surface area contributed by atoms with E-state index >= 15 is 0 Å². The van der Waals surface area contributed by atoms with Gasteiger partial charge in [-0.05, 0) is 37.3 Å². The van der Waals surface area contributed by atoms with Crippen LogP contribution in [-0.4, -0.2) is 32.1 Å². The molecule has 1 aliphatic rings. The molecule has 8 heteroatoms. The van der Waals surface area contributed by atoms with Crippen molar-refractivity contribution >= 4 is 40.9 Å². The van der Waals surface area contributed by atoms with E-state index in [1.54, 1.807) is 18.2 Å². The number of methoxy groups -OCH3 is 2. The number of benzene rings is 1. The van der Waals surface area contributed by atoms with Crippen LogP contribution in [0.2, 0.25) is 0 Å². The molecule has 4 amide bonds. The highest BCUT2D eigenvalue weighted by atomic mass is 32.1. The lowest BCUT2D eigenvalue weighted by molar-refractivity contribution is -0.122. The van der Waals surface area contributed by atoms with Crippen molar-refractivity contribution in [2.75, 3.05) is 19.1 Å². The van der Waals surface area contributed by atoms with Crippen LogP contribution in [0.3, 0.4) is 0 Å². The van der Waals surface area contributed by atoms with Crippen LogP contribution in [0.1, 0.15) is 9.75 Å². The van der Waals surface area contributed by atoms with E-state index in [-0.39, 0.29) is 11.3 Å². The van der Waals surface area contributed by atoms with Gasteiger partial charge in [0.1, 0.15) is 17.1 Å². The average molecular weight is 372 g/mol. The minimum absolute atomic E-state index is 0.128. The summed E-state index contributed by atoms with van der Waals surface area (Å²) in [7, 11) is 2.89. The molecule has 0 unspecified atom stereocenters. The molecule has 7 nitrogen and oxygen atoms in total. The fraction of sp³-hybridized carbons (Fsp3) is 0.167. The summed E-state index contributed by atoms with van der Waals surface area (Å²) in [4.78, 5) is 40.1. The molecule has 0 saturated carbocycles. The molecule has 0 radical (unpaired) electrons. The molecule has 1 N–H and O–H groups in total. The molecule has 134 valence electrons. The molecule has 1 aromatic carbocycles. The predicted molar refractivity (Wildman–Crippen MR) is 97.6 cm³/mol. The first-order chi connectivity index (χ1) is 12.4. The number of thiophene rings is 1. The molecule has 0 aliphatic carbocycles. The SMILES string of the molecule is COc1ccc(OC)c(N2C(=O)NC(=O)/C(=C/c3ccc(C)s3)C2=O)c1. The lowest BCUT2D eigenvalue weighted by Gasteiger charge is -2.27. The van der Waals surface area contributed by atoms with Gasteiger partial charge in [-0.25, -0.2) is 9.69 Å². The first-order valence-electron chi connectivity index (χ1n) is 7.64. The smallest absolute Gasteiger partial charge is 0.336 e. The second-order valence-electron chi connectivity index (χ2n) is 5.44. The summed E-state index contributed by atoms with van der Waals surface area (Å²) in [5, 5.41) is 2.19. The number of hydrogen-bond donors (Lipinski definition) is 1. The number of carbonyl (C=O) groups excluding carboxylic acids is 3. The van der Waals surface area contributed by atoms with E-state index < -0.39 is 17.8 Å². The third-order valence-corrected chi connectivity index (χ3v) is 4.72. The average Bonchev–Trinajstić information content (AvgIpc) is 3.03. The highest BCUT2D eigenvalue weighted by Gasteiger charge is 2.38. The van der Waals surface area contributed by atoms with E-state index in [4.69, 9.17) is 9.47 Å². The van der Waals surface area contributed by atoms with Crippen molar-refractivity contribution in [1.82, 2.24) is 5.32 Å². The number of hydrogen-bond acceptors (Lipinski definition) is 6. The van der Waals surface area contributed by atoms with Gasteiger partial charge in [-0.3, -0.25) is 14.9 Å². The number of amides is 4. The minimum Gasteiger partial charge on any atom is -0.497 e. The molecule has 1 saturated heterocycles. The van der Waals surface area contributed by atoms with Crippen molar-refractivity contribution in [3.05, 3.63) is 45.7 Å². The fourth-order valence-corrected chi connectivity index (χ4v) is 3.34. The first-order valence-corrected chi connectivity index (χ1v) is 8.46. The maximum absolute atomic E-state index is 12.9.